The van der Waals surface area contributed by atoms with E-state index in [1.807, 2.05) is 0 Å². The molecule has 1 aromatic carbocycles. The molecule has 0 radical (unpaired) electrons. The molecular weight excluding hydrogens is 260 g/mol. The van der Waals surface area contributed by atoms with Crippen molar-refractivity contribution in [2.45, 2.75) is 38.6 Å². The van der Waals surface area contributed by atoms with Crippen LogP contribution in [0.4, 0.5) is 8.78 Å². The van der Waals surface area contributed by atoms with E-state index in [1.165, 1.54) is 18.9 Å². The first-order valence-electron chi connectivity index (χ1n) is 7.30. The summed E-state index contributed by atoms with van der Waals surface area (Å²) in [5.74, 6) is -0.314. The summed E-state index contributed by atoms with van der Waals surface area (Å²) in [6, 6.07) is 3.48. The van der Waals surface area contributed by atoms with Gasteiger partial charge in [-0.1, -0.05) is 12.5 Å². The Morgan fingerprint density at radius 2 is 2.05 bits per heavy atom. The van der Waals surface area contributed by atoms with Gasteiger partial charge in [0.15, 0.2) is 11.6 Å². The Morgan fingerprint density at radius 1 is 1.25 bits per heavy atom. The minimum atomic E-state index is -0.872. The van der Waals surface area contributed by atoms with Crippen LogP contribution in [0.3, 0.4) is 0 Å². The molecule has 0 aliphatic heterocycles. The van der Waals surface area contributed by atoms with Gasteiger partial charge in [0.05, 0.1) is 6.04 Å². The SMILES string of the molecule is CC(NC(=O)C1CC2CCC1C2)c1ccc(F)c(F)c1. The van der Waals surface area contributed by atoms with Gasteiger partial charge in [0.1, 0.15) is 0 Å². The zero-order valence-electron chi connectivity index (χ0n) is 11.5. The molecule has 0 heterocycles. The third-order valence-corrected chi connectivity index (χ3v) is 4.88. The minimum Gasteiger partial charge on any atom is -0.349 e. The molecule has 4 heteroatoms. The highest BCUT2D eigenvalue weighted by Crippen LogP contribution is 2.48. The molecule has 4 atom stereocenters. The molecule has 2 nitrogen and oxygen atoms in total. The zero-order valence-corrected chi connectivity index (χ0v) is 11.5. The molecule has 4 unspecified atom stereocenters. The number of halogens is 2. The van der Waals surface area contributed by atoms with Gasteiger partial charge in [-0.05, 0) is 55.7 Å². The van der Waals surface area contributed by atoms with Crippen LogP contribution in [0.25, 0.3) is 0 Å². The fourth-order valence-corrected chi connectivity index (χ4v) is 3.75. The molecule has 2 aliphatic rings. The monoisotopic (exact) mass is 279 g/mol. The van der Waals surface area contributed by atoms with Gasteiger partial charge in [-0.25, -0.2) is 8.78 Å². The molecule has 0 saturated heterocycles. The molecule has 3 rings (SSSR count). The number of benzene rings is 1. The second-order valence-electron chi connectivity index (χ2n) is 6.19. The first-order chi connectivity index (χ1) is 9.54. The molecule has 0 aromatic heterocycles. The summed E-state index contributed by atoms with van der Waals surface area (Å²) in [5.41, 5.74) is 0.598. The second-order valence-corrected chi connectivity index (χ2v) is 6.19. The van der Waals surface area contributed by atoms with Crippen molar-refractivity contribution in [3.05, 3.63) is 35.4 Å². The molecule has 1 aromatic rings. The predicted molar refractivity (Wildman–Crippen MR) is 71.9 cm³/mol. The number of carbonyl (C=O) groups excluding carboxylic acids is 1. The van der Waals surface area contributed by atoms with Crippen LogP contribution in [0.15, 0.2) is 18.2 Å². The smallest absolute Gasteiger partial charge is 0.223 e. The van der Waals surface area contributed by atoms with E-state index >= 15 is 0 Å². The Morgan fingerprint density at radius 3 is 2.65 bits per heavy atom. The fraction of sp³-hybridized carbons (Fsp3) is 0.562. The van der Waals surface area contributed by atoms with Crippen molar-refractivity contribution in [2.75, 3.05) is 0 Å². The summed E-state index contributed by atoms with van der Waals surface area (Å²) in [6.07, 6.45) is 4.58. The summed E-state index contributed by atoms with van der Waals surface area (Å²) in [6.45, 7) is 1.80. The van der Waals surface area contributed by atoms with Crippen molar-refractivity contribution in [3.8, 4) is 0 Å². The standard InChI is InChI=1S/C16H19F2NO/c1-9(11-4-5-14(17)15(18)8-11)19-16(20)13-7-10-2-3-12(13)6-10/h4-5,8-10,12-13H,2-3,6-7H2,1H3,(H,19,20). The van der Waals surface area contributed by atoms with Gasteiger partial charge in [-0.3, -0.25) is 4.79 Å². The molecule has 1 N–H and O–H groups in total. The Balaban J connectivity index is 1.65. The number of fused-ring (bicyclic) bond motifs is 2. The van der Waals surface area contributed by atoms with Gasteiger partial charge in [0, 0.05) is 5.92 Å². The van der Waals surface area contributed by atoms with E-state index in [0.29, 0.717) is 17.4 Å². The first kappa shape index (κ1) is 13.5. The summed E-state index contributed by atoms with van der Waals surface area (Å²) in [4.78, 5) is 12.3. The van der Waals surface area contributed by atoms with E-state index in [0.717, 1.165) is 25.0 Å². The van der Waals surface area contributed by atoms with Crippen LogP contribution in [0.5, 0.6) is 0 Å². The topological polar surface area (TPSA) is 29.1 Å². The van der Waals surface area contributed by atoms with Crippen LogP contribution in [0, 0.1) is 29.4 Å². The van der Waals surface area contributed by atoms with E-state index in [9.17, 15) is 13.6 Å². The molecule has 0 spiro atoms. The molecule has 2 bridgehead atoms. The van der Waals surface area contributed by atoms with Crippen molar-refractivity contribution >= 4 is 5.91 Å². The van der Waals surface area contributed by atoms with E-state index in [2.05, 4.69) is 5.32 Å². The number of nitrogens with one attached hydrogen (secondary N) is 1. The molecule has 2 fully saturated rings. The van der Waals surface area contributed by atoms with Crippen LogP contribution in [0.1, 0.15) is 44.2 Å². The Kier molecular flexibility index (Phi) is 3.48. The maximum absolute atomic E-state index is 13.2. The first-order valence-corrected chi connectivity index (χ1v) is 7.30. The molecule has 2 saturated carbocycles. The fourth-order valence-electron chi connectivity index (χ4n) is 3.75. The van der Waals surface area contributed by atoms with Crippen molar-refractivity contribution < 1.29 is 13.6 Å². The lowest BCUT2D eigenvalue weighted by molar-refractivity contribution is -0.127. The van der Waals surface area contributed by atoms with Crippen LogP contribution < -0.4 is 5.32 Å². The average molecular weight is 279 g/mol. The van der Waals surface area contributed by atoms with Gasteiger partial charge in [0.25, 0.3) is 0 Å². The van der Waals surface area contributed by atoms with E-state index < -0.39 is 11.6 Å². The van der Waals surface area contributed by atoms with Gasteiger partial charge >= 0.3 is 0 Å². The normalized spacial score (nSPS) is 29.4. The second kappa shape index (κ2) is 5.15. The Hall–Kier alpha value is -1.45. The minimum absolute atomic E-state index is 0.0643. The lowest BCUT2D eigenvalue weighted by Crippen LogP contribution is -2.35. The van der Waals surface area contributed by atoms with Crippen LogP contribution in [-0.4, -0.2) is 5.91 Å². The molecule has 1 amide bonds. The zero-order chi connectivity index (χ0) is 14.3. The third kappa shape index (κ3) is 2.43. The van der Waals surface area contributed by atoms with Crippen molar-refractivity contribution in [3.63, 3.8) is 0 Å². The van der Waals surface area contributed by atoms with Gasteiger partial charge in [0.2, 0.25) is 5.91 Å². The van der Waals surface area contributed by atoms with Gasteiger partial charge < -0.3 is 5.32 Å². The predicted octanol–water partition coefficient (Wildman–Crippen LogP) is 3.58. The summed E-state index contributed by atoms with van der Waals surface area (Å²) in [5, 5.41) is 2.94. The van der Waals surface area contributed by atoms with Crippen molar-refractivity contribution in [1.82, 2.24) is 5.32 Å². The molecule has 108 valence electrons. The Labute approximate surface area is 117 Å². The number of hydrogen-bond acceptors (Lipinski definition) is 1. The lowest BCUT2D eigenvalue weighted by Gasteiger charge is -2.23. The lowest BCUT2D eigenvalue weighted by atomic mass is 9.88. The maximum atomic E-state index is 13.2. The quantitative estimate of drug-likeness (QED) is 0.900. The van der Waals surface area contributed by atoms with Gasteiger partial charge in [-0.2, -0.15) is 0 Å². The molecule has 2 aliphatic carbocycles. The largest absolute Gasteiger partial charge is 0.349 e. The highest BCUT2D eigenvalue weighted by Gasteiger charge is 2.43. The van der Waals surface area contributed by atoms with E-state index in [4.69, 9.17) is 0 Å². The highest BCUT2D eigenvalue weighted by atomic mass is 19.2. The van der Waals surface area contributed by atoms with Crippen LogP contribution in [0.2, 0.25) is 0 Å². The maximum Gasteiger partial charge on any atom is 0.223 e. The number of hydrogen-bond donors (Lipinski definition) is 1. The highest BCUT2D eigenvalue weighted by molar-refractivity contribution is 5.80. The summed E-state index contributed by atoms with van der Waals surface area (Å²) < 4.78 is 26.1. The van der Waals surface area contributed by atoms with E-state index in [1.54, 1.807) is 6.92 Å². The van der Waals surface area contributed by atoms with Crippen molar-refractivity contribution in [2.24, 2.45) is 17.8 Å². The van der Waals surface area contributed by atoms with Crippen LogP contribution in [-0.2, 0) is 4.79 Å². The van der Waals surface area contributed by atoms with Gasteiger partial charge in [-0.15, -0.1) is 0 Å². The van der Waals surface area contributed by atoms with Crippen LogP contribution >= 0.6 is 0 Å². The Bertz CT molecular complexity index is 531. The summed E-state index contributed by atoms with van der Waals surface area (Å²) >= 11 is 0. The third-order valence-electron chi connectivity index (χ3n) is 4.88. The number of carbonyl (C=O) groups is 1. The van der Waals surface area contributed by atoms with E-state index in [-0.39, 0.29) is 17.9 Å². The molecule has 20 heavy (non-hydrogen) atoms. The molecular formula is C16H19F2NO. The number of amides is 1. The summed E-state index contributed by atoms with van der Waals surface area (Å²) in [7, 11) is 0. The van der Waals surface area contributed by atoms with Crippen molar-refractivity contribution in [1.29, 1.82) is 0 Å². The number of rotatable bonds is 3. The average Bonchev–Trinajstić information content (AvgIpc) is 3.04.